The summed E-state index contributed by atoms with van der Waals surface area (Å²) < 4.78 is 3.74. The maximum Gasteiger partial charge on any atom is 0.276 e. The van der Waals surface area contributed by atoms with Gasteiger partial charge in [0.1, 0.15) is 0 Å². The van der Waals surface area contributed by atoms with E-state index in [-0.39, 0.29) is 5.56 Å². The van der Waals surface area contributed by atoms with E-state index in [9.17, 15) is 4.79 Å². The van der Waals surface area contributed by atoms with E-state index < -0.39 is 0 Å². The van der Waals surface area contributed by atoms with Gasteiger partial charge in [-0.1, -0.05) is 36.4 Å². The highest BCUT2D eigenvalue weighted by Gasteiger charge is 2.23. The van der Waals surface area contributed by atoms with E-state index >= 15 is 0 Å². The topological polar surface area (TPSA) is 42.2 Å². The second kappa shape index (κ2) is 8.07. The molecule has 5 heteroatoms. The second-order valence-electron chi connectivity index (χ2n) is 7.62. The van der Waals surface area contributed by atoms with Crippen LogP contribution in [0, 0.1) is 6.92 Å². The van der Waals surface area contributed by atoms with Gasteiger partial charge in [-0.05, 0) is 50.6 Å². The quantitative estimate of drug-likeness (QED) is 0.740. The molecule has 1 fully saturated rings. The number of likely N-dealkylation sites (tertiary alicyclic amines) is 1. The average molecular weight is 377 g/mol. The van der Waals surface area contributed by atoms with Crippen LogP contribution in [0.2, 0.25) is 0 Å². The minimum atomic E-state index is 0.0874. The third-order valence-corrected chi connectivity index (χ3v) is 5.71. The predicted octanol–water partition coefficient (Wildman–Crippen LogP) is 3.56. The molecule has 1 aliphatic rings. The van der Waals surface area contributed by atoms with Crippen LogP contribution in [0.1, 0.15) is 24.1 Å². The van der Waals surface area contributed by atoms with Crippen LogP contribution in [0.5, 0.6) is 0 Å². The number of hydrogen-bond acceptors (Lipinski definition) is 3. The first-order valence-electron chi connectivity index (χ1n) is 10.0. The molecule has 0 spiro atoms. The molecule has 0 bridgehead atoms. The standard InChI is InChI=1S/C23H28N4O/c1-18-22(23(28)27(25(18)2)21-13-7-4-8-14-21)17-26-15-9-12-20(16-26)24-19-10-5-3-6-11-19/h3-8,10-11,13-14,20,24H,9,12,15-17H2,1-2H3/t20-/m0/s1. The Hall–Kier alpha value is -2.79. The minimum Gasteiger partial charge on any atom is -0.381 e. The molecule has 1 saturated heterocycles. The number of anilines is 1. The number of aromatic nitrogens is 2. The van der Waals surface area contributed by atoms with E-state index in [4.69, 9.17) is 0 Å². The largest absolute Gasteiger partial charge is 0.381 e. The fraction of sp³-hybridized carbons (Fsp3) is 0.348. The molecule has 0 radical (unpaired) electrons. The number of nitrogens with one attached hydrogen (secondary N) is 1. The molecular formula is C23H28N4O. The van der Waals surface area contributed by atoms with Crippen molar-refractivity contribution in [2.24, 2.45) is 7.05 Å². The van der Waals surface area contributed by atoms with Crippen molar-refractivity contribution < 1.29 is 0 Å². The zero-order valence-corrected chi connectivity index (χ0v) is 16.6. The van der Waals surface area contributed by atoms with E-state index in [2.05, 4.69) is 34.5 Å². The van der Waals surface area contributed by atoms with Crippen LogP contribution in [0.25, 0.3) is 5.69 Å². The lowest BCUT2D eigenvalue weighted by molar-refractivity contribution is 0.207. The van der Waals surface area contributed by atoms with Crippen molar-refractivity contribution >= 4 is 5.69 Å². The Bertz CT molecular complexity index is 975. The first-order valence-corrected chi connectivity index (χ1v) is 10.0. The molecule has 2 heterocycles. The number of para-hydroxylation sites is 2. The summed E-state index contributed by atoms with van der Waals surface area (Å²) in [6.45, 7) is 4.73. The number of hydrogen-bond donors (Lipinski definition) is 1. The van der Waals surface area contributed by atoms with Crippen molar-refractivity contribution in [2.75, 3.05) is 18.4 Å². The number of benzene rings is 2. The molecule has 2 aromatic carbocycles. The summed E-state index contributed by atoms with van der Waals surface area (Å²) in [6.07, 6.45) is 2.30. The van der Waals surface area contributed by atoms with Gasteiger partial charge >= 0.3 is 0 Å². The molecule has 0 aliphatic carbocycles. The molecule has 1 aromatic heterocycles. The Balaban J connectivity index is 1.52. The SMILES string of the molecule is Cc1c(CN2CCC[C@H](Nc3ccccc3)C2)c(=O)n(-c2ccccc2)n1C. The van der Waals surface area contributed by atoms with Gasteiger partial charge in [-0.3, -0.25) is 14.4 Å². The van der Waals surface area contributed by atoms with Crippen molar-refractivity contribution in [1.29, 1.82) is 0 Å². The van der Waals surface area contributed by atoms with Gasteiger partial charge in [-0.15, -0.1) is 0 Å². The minimum absolute atomic E-state index is 0.0874. The van der Waals surface area contributed by atoms with Gasteiger partial charge in [-0.25, -0.2) is 4.68 Å². The van der Waals surface area contributed by atoms with Crippen LogP contribution < -0.4 is 10.9 Å². The summed E-state index contributed by atoms with van der Waals surface area (Å²) in [5.74, 6) is 0. The summed E-state index contributed by atoms with van der Waals surface area (Å²) in [7, 11) is 1.96. The van der Waals surface area contributed by atoms with Gasteiger partial charge in [0.05, 0.1) is 11.3 Å². The molecule has 1 N–H and O–H groups in total. The highest BCUT2D eigenvalue weighted by molar-refractivity contribution is 5.43. The summed E-state index contributed by atoms with van der Waals surface area (Å²) in [6, 6.07) is 20.6. The summed E-state index contributed by atoms with van der Waals surface area (Å²) >= 11 is 0. The number of rotatable bonds is 5. The van der Waals surface area contributed by atoms with Crippen molar-refractivity contribution in [2.45, 2.75) is 32.4 Å². The van der Waals surface area contributed by atoms with Gasteiger partial charge in [-0.2, -0.15) is 0 Å². The van der Waals surface area contributed by atoms with Crippen LogP contribution in [0.3, 0.4) is 0 Å². The predicted molar refractivity (Wildman–Crippen MR) is 114 cm³/mol. The first kappa shape index (κ1) is 18.6. The average Bonchev–Trinajstić information content (AvgIpc) is 2.93. The van der Waals surface area contributed by atoms with E-state index in [0.29, 0.717) is 12.6 Å². The molecule has 0 saturated carbocycles. The van der Waals surface area contributed by atoms with Crippen LogP contribution in [-0.2, 0) is 13.6 Å². The molecule has 1 aliphatic heterocycles. The Morgan fingerprint density at radius 1 is 1.04 bits per heavy atom. The van der Waals surface area contributed by atoms with E-state index in [1.54, 1.807) is 4.68 Å². The van der Waals surface area contributed by atoms with Gasteiger partial charge in [0.2, 0.25) is 0 Å². The molecule has 0 unspecified atom stereocenters. The second-order valence-corrected chi connectivity index (χ2v) is 7.62. The lowest BCUT2D eigenvalue weighted by Gasteiger charge is -2.33. The zero-order chi connectivity index (χ0) is 19.5. The van der Waals surface area contributed by atoms with Crippen molar-refractivity contribution in [3.05, 3.63) is 82.3 Å². The lowest BCUT2D eigenvalue weighted by atomic mass is 10.0. The lowest BCUT2D eigenvalue weighted by Crippen LogP contribution is -2.42. The highest BCUT2D eigenvalue weighted by Crippen LogP contribution is 2.19. The van der Waals surface area contributed by atoms with Gasteiger partial charge in [0.15, 0.2) is 0 Å². The smallest absolute Gasteiger partial charge is 0.276 e. The summed E-state index contributed by atoms with van der Waals surface area (Å²) in [5.41, 5.74) is 4.09. The molecule has 1 atom stereocenters. The molecule has 146 valence electrons. The third kappa shape index (κ3) is 3.76. The molecule has 4 rings (SSSR count). The maximum absolute atomic E-state index is 13.2. The molecule has 28 heavy (non-hydrogen) atoms. The highest BCUT2D eigenvalue weighted by atomic mass is 16.1. The third-order valence-electron chi connectivity index (χ3n) is 5.71. The molecule has 5 nitrogen and oxygen atoms in total. The van der Waals surface area contributed by atoms with Crippen LogP contribution in [0.15, 0.2) is 65.5 Å². The van der Waals surface area contributed by atoms with Crippen molar-refractivity contribution in [3.63, 3.8) is 0 Å². The Labute approximate surface area is 166 Å². The molecule has 3 aromatic rings. The van der Waals surface area contributed by atoms with Crippen LogP contribution >= 0.6 is 0 Å². The number of piperidine rings is 1. The Morgan fingerprint density at radius 3 is 2.43 bits per heavy atom. The van der Waals surface area contributed by atoms with E-state index in [0.717, 1.165) is 48.6 Å². The Kier molecular flexibility index (Phi) is 5.35. The zero-order valence-electron chi connectivity index (χ0n) is 16.6. The van der Waals surface area contributed by atoms with Crippen molar-refractivity contribution in [3.8, 4) is 5.69 Å². The monoisotopic (exact) mass is 376 g/mol. The fourth-order valence-electron chi connectivity index (χ4n) is 4.12. The van der Waals surface area contributed by atoms with Crippen LogP contribution in [0.4, 0.5) is 5.69 Å². The summed E-state index contributed by atoms with van der Waals surface area (Å²) in [4.78, 5) is 15.6. The van der Waals surface area contributed by atoms with Crippen molar-refractivity contribution in [1.82, 2.24) is 14.3 Å². The summed E-state index contributed by atoms with van der Waals surface area (Å²) in [5, 5.41) is 3.64. The van der Waals surface area contributed by atoms with E-state index in [1.165, 1.54) is 0 Å². The van der Waals surface area contributed by atoms with Gasteiger partial charge in [0, 0.05) is 37.6 Å². The van der Waals surface area contributed by atoms with Crippen LogP contribution in [-0.4, -0.2) is 33.4 Å². The molecule has 0 amide bonds. The van der Waals surface area contributed by atoms with Gasteiger partial charge < -0.3 is 5.32 Å². The van der Waals surface area contributed by atoms with Gasteiger partial charge in [0.25, 0.3) is 5.56 Å². The molecular weight excluding hydrogens is 348 g/mol. The maximum atomic E-state index is 13.2. The van der Waals surface area contributed by atoms with E-state index in [1.807, 2.05) is 55.1 Å². The fourth-order valence-corrected chi connectivity index (χ4v) is 4.12. The normalized spacial score (nSPS) is 17.6. The Morgan fingerprint density at radius 2 is 1.71 bits per heavy atom. The first-order chi connectivity index (χ1) is 13.6. The number of nitrogens with zero attached hydrogens (tertiary/aromatic N) is 3.